The number of alkyl halides is 3. The van der Waals surface area contributed by atoms with Gasteiger partial charge in [0.05, 0.1) is 43.4 Å². The second kappa shape index (κ2) is 12.8. The molecular weight excluding hydrogens is 623 g/mol. The van der Waals surface area contributed by atoms with Crippen molar-refractivity contribution in [2.24, 2.45) is 0 Å². The zero-order valence-corrected chi connectivity index (χ0v) is 27.9. The number of allylic oxidation sites excluding steroid dienone is 1. The van der Waals surface area contributed by atoms with Crippen LogP contribution in [0.4, 0.5) is 13.2 Å². The Morgan fingerprint density at radius 2 is 1.73 bits per heavy atom. The lowest BCUT2D eigenvalue weighted by Crippen LogP contribution is -2.23. The summed E-state index contributed by atoms with van der Waals surface area (Å²) in [5.74, 6) is -0.409. The van der Waals surface area contributed by atoms with Gasteiger partial charge in [0.1, 0.15) is 23.5 Å². The second-order valence-electron chi connectivity index (χ2n) is 13.4. The summed E-state index contributed by atoms with van der Waals surface area (Å²) in [5, 5.41) is 5.00. The maximum atomic E-state index is 13.9. The van der Waals surface area contributed by atoms with Crippen LogP contribution in [0.15, 0.2) is 42.6 Å². The maximum absolute atomic E-state index is 13.9. The maximum Gasteiger partial charge on any atom is 0.408 e. The molecule has 0 spiro atoms. The quantitative estimate of drug-likeness (QED) is 0.184. The molecule has 11 heteroatoms. The third-order valence-electron chi connectivity index (χ3n) is 8.89. The molecule has 6 rings (SSSR count). The summed E-state index contributed by atoms with van der Waals surface area (Å²) in [6.07, 6.45) is 3.68. The molecule has 1 saturated carbocycles. The average Bonchev–Trinajstić information content (AvgIpc) is 3.52. The average molecular weight is 664 g/mol. The van der Waals surface area contributed by atoms with Crippen molar-refractivity contribution in [2.45, 2.75) is 90.6 Å². The molecule has 254 valence electrons. The first-order chi connectivity index (χ1) is 22.8. The number of methoxy groups -OCH3 is 1. The molecule has 48 heavy (non-hydrogen) atoms. The van der Waals surface area contributed by atoms with Crippen LogP contribution in [-0.4, -0.2) is 51.8 Å². The van der Waals surface area contributed by atoms with E-state index in [-0.39, 0.29) is 30.3 Å². The Kier molecular flexibility index (Phi) is 8.91. The summed E-state index contributed by atoms with van der Waals surface area (Å²) in [5.41, 5.74) is 4.50. The largest absolute Gasteiger partial charge is 0.497 e. The van der Waals surface area contributed by atoms with Crippen LogP contribution in [0.25, 0.3) is 33.8 Å². The Bertz CT molecular complexity index is 1910. The van der Waals surface area contributed by atoms with Gasteiger partial charge in [-0.15, -0.1) is 0 Å². The number of carbonyl (C=O) groups is 2. The molecular formula is C37H40F3N3O5. The van der Waals surface area contributed by atoms with E-state index in [4.69, 9.17) is 14.2 Å². The molecule has 2 aromatic carbocycles. The van der Waals surface area contributed by atoms with Gasteiger partial charge < -0.3 is 18.8 Å². The lowest BCUT2D eigenvalue weighted by molar-refractivity contribution is -0.142. The molecule has 0 amide bonds. The molecule has 8 nitrogen and oxygen atoms in total. The fourth-order valence-electron chi connectivity index (χ4n) is 7.02. The van der Waals surface area contributed by atoms with E-state index in [9.17, 15) is 22.8 Å². The topological polar surface area (TPSA) is 84.6 Å². The van der Waals surface area contributed by atoms with Crippen LogP contribution in [0.5, 0.6) is 5.75 Å². The SMILES string of the molecule is CCOC(=O)c1cnn(CC(F)(F)F)c1C1=Cc2cc(OC)ccc2-c2c(C3CCCCC3)c3ccc(C(=O)OC(C)(C)C)cc3n2C1. The number of hydrogen-bond acceptors (Lipinski definition) is 6. The fraction of sp³-hybridized carbons (Fsp3) is 0.432. The summed E-state index contributed by atoms with van der Waals surface area (Å²) in [6, 6.07) is 11.3. The highest BCUT2D eigenvalue weighted by atomic mass is 19.4. The molecule has 3 heterocycles. The Balaban J connectivity index is 1.65. The van der Waals surface area contributed by atoms with Crippen LogP contribution in [-0.2, 0) is 22.6 Å². The van der Waals surface area contributed by atoms with E-state index < -0.39 is 30.3 Å². The van der Waals surface area contributed by atoms with Gasteiger partial charge in [-0.3, -0.25) is 4.68 Å². The van der Waals surface area contributed by atoms with Gasteiger partial charge in [0.15, 0.2) is 0 Å². The molecule has 0 unspecified atom stereocenters. The molecule has 0 N–H and O–H groups in total. The third kappa shape index (κ3) is 6.59. The summed E-state index contributed by atoms with van der Waals surface area (Å²) < 4.78 is 61.1. The summed E-state index contributed by atoms with van der Waals surface area (Å²) in [6.45, 7) is 5.82. The number of halogens is 3. The zero-order chi connectivity index (χ0) is 34.4. The number of benzene rings is 2. The number of carbonyl (C=O) groups excluding carboxylic acids is 2. The standard InChI is InChI=1S/C37H40F3N3O5/c1-6-47-35(45)29-19-41-43(21-37(38,39)40)32(29)25-16-24-17-26(46-5)13-15-27(24)33-31(22-10-8-7-9-11-22)28-14-12-23(18-30(28)42(33)20-25)34(44)48-36(2,3)4/h12-19,22H,6-11,20-21H2,1-5H3. The molecule has 2 aromatic heterocycles. The molecule has 0 radical (unpaired) electrons. The summed E-state index contributed by atoms with van der Waals surface area (Å²) in [7, 11) is 1.56. The Morgan fingerprint density at radius 3 is 2.40 bits per heavy atom. The van der Waals surface area contributed by atoms with Crippen LogP contribution >= 0.6 is 0 Å². The van der Waals surface area contributed by atoms with Crippen LogP contribution in [0.2, 0.25) is 0 Å². The van der Waals surface area contributed by atoms with Gasteiger partial charge in [0, 0.05) is 16.5 Å². The smallest absolute Gasteiger partial charge is 0.408 e. The lowest BCUT2D eigenvalue weighted by atomic mass is 9.81. The molecule has 2 aliphatic rings. The predicted molar refractivity (Wildman–Crippen MR) is 177 cm³/mol. The van der Waals surface area contributed by atoms with E-state index in [0.717, 1.165) is 76.3 Å². The molecule has 0 saturated heterocycles. The first-order valence-electron chi connectivity index (χ1n) is 16.4. The van der Waals surface area contributed by atoms with Crippen LogP contribution in [0.3, 0.4) is 0 Å². The Labute approximate surface area is 277 Å². The Hall–Kier alpha value is -4.54. The summed E-state index contributed by atoms with van der Waals surface area (Å²) >= 11 is 0. The van der Waals surface area contributed by atoms with Crippen molar-refractivity contribution in [2.75, 3.05) is 13.7 Å². The zero-order valence-electron chi connectivity index (χ0n) is 27.9. The van der Waals surface area contributed by atoms with Crippen LogP contribution < -0.4 is 4.74 Å². The molecule has 0 bridgehead atoms. The van der Waals surface area contributed by atoms with Gasteiger partial charge in [-0.25, -0.2) is 9.59 Å². The number of hydrogen-bond donors (Lipinski definition) is 0. The van der Waals surface area contributed by atoms with Crippen LogP contribution in [0, 0.1) is 0 Å². The monoisotopic (exact) mass is 663 g/mol. The van der Waals surface area contributed by atoms with E-state index in [1.165, 1.54) is 0 Å². The number of ether oxygens (including phenoxy) is 3. The predicted octanol–water partition coefficient (Wildman–Crippen LogP) is 8.81. The van der Waals surface area contributed by atoms with E-state index in [0.29, 0.717) is 16.9 Å². The van der Waals surface area contributed by atoms with Crippen molar-refractivity contribution in [3.05, 3.63) is 70.5 Å². The van der Waals surface area contributed by atoms with Gasteiger partial charge >= 0.3 is 18.1 Å². The van der Waals surface area contributed by atoms with Gasteiger partial charge in [-0.2, -0.15) is 18.3 Å². The van der Waals surface area contributed by atoms with Gasteiger partial charge in [0.2, 0.25) is 0 Å². The van der Waals surface area contributed by atoms with Crippen molar-refractivity contribution >= 4 is 34.5 Å². The van der Waals surface area contributed by atoms with Crippen molar-refractivity contribution < 1.29 is 37.0 Å². The van der Waals surface area contributed by atoms with Crippen molar-refractivity contribution in [1.82, 2.24) is 14.3 Å². The van der Waals surface area contributed by atoms with Crippen molar-refractivity contribution in [3.8, 4) is 17.0 Å². The minimum Gasteiger partial charge on any atom is -0.497 e. The van der Waals surface area contributed by atoms with Gasteiger partial charge in [-0.1, -0.05) is 25.3 Å². The number of aromatic nitrogens is 3. The van der Waals surface area contributed by atoms with E-state index >= 15 is 0 Å². The lowest BCUT2D eigenvalue weighted by Gasteiger charge is -2.24. The molecule has 1 aliphatic heterocycles. The highest BCUT2D eigenvalue weighted by Crippen LogP contribution is 2.48. The molecule has 1 aliphatic carbocycles. The molecule has 4 aromatic rings. The van der Waals surface area contributed by atoms with Gasteiger partial charge in [-0.05, 0) is 99.6 Å². The number of rotatable bonds is 7. The van der Waals surface area contributed by atoms with Crippen LogP contribution in [0.1, 0.15) is 103 Å². The van der Waals surface area contributed by atoms with Gasteiger partial charge in [0.25, 0.3) is 0 Å². The molecule has 1 fully saturated rings. The normalized spacial score (nSPS) is 15.4. The highest BCUT2D eigenvalue weighted by Gasteiger charge is 2.35. The Morgan fingerprint density at radius 1 is 0.979 bits per heavy atom. The molecule has 0 atom stereocenters. The number of esters is 2. The van der Waals surface area contributed by atoms with E-state index in [1.54, 1.807) is 40.9 Å². The fourth-order valence-corrected chi connectivity index (χ4v) is 7.02. The number of fused-ring (bicyclic) bond motifs is 5. The second-order valence-corrected chi connectivity index (χ2v) is 13.4. The van der Waals surface area contributed by atoms with E-state index in [1.807, 2.05) is 36.4 Å². The van der Waals surface area contributed by atoms with Crippen molar-refractivity contribution in [3.63, 3.8) is 0 Å². The number of nitrogens with zero attached hydrogens (tertiary/aromatic N) is 3. The van der Waals surface area contributed by atoms with Crippen molar-refractivity contribution in [1.29, 1.82) is 0 Å². The first kappa shape index (κ1) is 33.4. The minimum absolute atomic E-state index is 0.0248. The first-order valence-corrected chi connectivity index (χ1v) is 16.4. The summed E-state index contributed by atoms with van der Waals surface area (Å²) in [4.78, 5) is 26.5. The van der Waals surface area contributed by atoms with E-state index in [2.05, 4.69) is 9.67 Å². The minimum atomic E-state index is -4.60. The third-order valence-corrected chi connectivity index (χ3v) is 8.89. The highest BCUT2D eigenvalue weighted by molar-refractivity contribution is 6.03.